The molecule has 2 amide bonds. The summed E-state index contributed by atoms with van der Waals surface area (Å²) in [6, 6.07) is 6.51. The van der Waals surface area contributed by atoms with Crippen LogP contribution in [-0.4, -0.2) is 72.7 Å². The first-order chi connectivity index (χ1) is 14.4. The van der Waals surface area contributed by atoms with Gasteiger partial charge in [0, 0.05) is 56.2 Å². The van der Waals surface area contributed by atoms with E-state index in [1.165, 1.54) is 4.31 Å². The van der Waals surface area contributed by atoms with Crippen LogP contribution in [-0.2, 0) is 26.1 Å². The average molecular weight is 436 g/mol. The zero-order valence-corrected chi connectivity index (χ0v) is 17.3. The van der Waals surface area contributed by atoms with Gasteiger partial charge >= 0.3 is 0 Å². The molecule has 0 bridgehead atoms. The Labute approximate surface area is 175 Å². The highest BCUT2D eigenvalue weighted by Crippen LogP contribution is 2.11. The van der Waals surface area contributed by atoms with Crippen molar-refractivity contribution in [3.05, 3.63) is 48.5 Å². The molecule has 1 aromatic carbocycles. The number of imidazole rings is 1. The normalized spacial score (nSPS) is 14.9. The molecule has 0 aliphatic carbocycles. The third kappa shape index (κ3) is 6.37. The lowest BCUT2D eigenvalue weighted by Crippen LogP contribution is -2.43. The molecule has 1 aliphatic rings. The molecule has 0 radical (unpaired) electrons. The minimum Gasteiger partial charge on any atom is -0.379 e. The molecule has 162 valence electrons. The molecule has 30 heavy (non-hydrogen) atoms. The van der Waals surface area contributed by atoms with Crippen LogP contribution < -0.4 is 10.6 Å². The van der Waals surface area contributed by atoms with Crippen molar-refractivity contribution < 1.29 is 22.7 Å². The molecule has 1 fully saturated rings. The summed E-state index contributed by atoms with van der Waals surface area (Å²) >= 11 is 0. The van der Waals surface area contributed by atoms with E-state index in [0.717, 1.165) is 0 Å². The van der Waals surface area contributed by atoms with Crippen molar-refractivity contribution in [3.63, 3.8) is 0 Å². The molecule has 0 saturated carbocycles. The van der Waals surface area contributed by atoms with E-state index >= 15 is 0 Å². The highest BCUT2D eigenvalue weighted by Gasteiger charge is 2.24. The quantitative estimate of drug-likeness (QED) is 0.584. The van der Waals surface area contributed by atoms with Gasteiger partial charge in [0.25, 0.3) is 5.91 Å². The minimum absolute atomic E-state index is 0.0000161. The number of nitrogens with one attached hydrogen (secondary N) is 2. The summed E-state index contributed by atoms with van der Waals surface area (Å²) in [5, 5.41) is 5.38. The number of amides is 2. The zero-order chi connectivity index (χ0) is 21.4. The summed E-state index contributed by atoms with van der Waals surface area (Å²) in [5.74, 6) is -0.761. The first-order valence-electron chi connectivity index (χ1n) is 9.63. The van der Waals surface area contributed by atoms with Gasteiger partial charge in [0.05, 0.1) is 25.3 Å². The molecule has 1 aliphatic heterocycles. The number of aromatic nitrogens is 2. The van der Waals surface area contributed by atoms with Crippen molar-refractivity contribution >= 4 is 27.5 Å². The van der Waals surface area contributed by atoms with Gasteiger partial charge in [-0.1, -0.05) is 6.07 Å². The molecular weight excluding hydrogens is 410 g/mol. The van der Waals surface area contributed by atoms with Crippen molar-refractivity contribution in [2.45, 2.75) is 13.0 Å². The first-order valence-corrected chi connectivity index (χ1v) is 11.2. The second-order valence-electron chi connectivity index (χ2n) is 6.76. The summed E-state index contributed by atoms with van der Waals surface area (Å²) in [6.45, 7) is 1.93. The summed E-state index contributed by atoms with van der Waals surface area (Å²) < 4.78 is 32.9. The third-order valence-corrected chi connectivity index (χ3v) is 6.45. The van der Waals surface area contributed by atoms with Crippen LogP contribution in [0.5, 0.6) is 0 Å². The molecule has 1 saturated heterocycles. The zero-order valence-electron chi connectivity index (χ0n) is 16.5. The van der Waals surface area contributed by atoms with Gasteiger partial charge in [0.1, 0.15) is 0 Å². The smallest absolute Gasteiger partial charge is 0.251 e. The maximum absolute atomic E-state index is 12.4. The number of hydrogen-bond acceptors (Lipinski definition) is 6. The number of anilines is 1. The Balaban J connectivity index is 1.47. The molecular formula is C19H25N5O5S. The largest absolute Gasteiger partial charge is 0.379 e. The van der Waals surface area contributed by atoms with Gasteiger partial charge in [0.2, 0.25) is 15.9 Å². The van der Waals surface area contributed by atoms with E-state index in [-0.39, 0.29) is 24.6 Å². The Morgan fingerprint density at radius 3 is 2.73 bits per heavy atom. The number of sulfonamides is 1. The Morgan fingerprint density at radius 1 is 1.20 bits per heavy atom. The van der Waals surface area contributed by atoms with Gasteiger partial charge < -0.3 is 19.9 Å². The number of benzene rings is 1. The van der Waals surface area contributed by atoms with E-state index in [4.69, 9.17) is 4.74 Å². The molecule has 11 heteroatoms. The fourth-order valence-electron chi connectivity index (χ4n) is 2.96. The standard InChI is InChI=1S/C19H25N5O5S/c25-18(4-7-23-8-5-20-15-23)22-17-3-1-2-16(14-17)19(26)21-6-13-30(27,28)24-9-11-29-12-10-24/h1-3,5,8,14-15H,4,6-7,9-13H2,(H,21,26)(H,22,25). The van der Waals surface area contributed by atoms with Gasteiger partial charge in [-0.2, -0.15) is 4.31 Å². The lowest BCUT2D eigenvalue weighted by atomic mass is 10.2. The average Bonchev–Trinajstić information content (AvgIpc) is 3.27. The SMILES string of the molecule is O=C(CCn1ccnc1)Nc1cccc(C(=O)NCCS(=O)(=O)N2CCOCC2)c1. The Bertz CT molecular complexity index is 955. The summed E-state index contributed by atoms with van der Waals surface area (Å²) in [4.78, 5) is 28.4. The molecule has 0 spiro atoms. The van der Waals surface area contributed by atoms with E-state index in [9.17, 15) is 18.0 Å². The van der Waals surface area contributed by atoms with Crippen molar-refractivity contribution in [1.82, 2.24) is 19.2 Å². The summed E-state index contributed by atoms with van der Waals surface area (Å²) in [7, 11) is -3.44. The van der Waals surface area contributed by atoms with Gasteiger partial charge in [0.15, 0.2) is 0 Å². The lowest BCUT2D eigenvalue weighted by Gasteiger charge is -2.26. The van der Waals surface area contributed by atoms with E-state index in [0.29, 0.717) is 44.1 Å². The second kappa shape index (κ2) is 10.3. The van der Waals surface area contributed by atoms with Gasteiger partial charge in [-0.25, -0.2) is 13.4 Å². The predicted octanol–water partition coefficient (Wildman–Crippen LogP) is 0.304. The third-order valence-electron chi connectivity index (χ3n) is 4.57. The number of rotatable bonds is 9. The van der Waals surface area contributed by atoms with Crippen LogP contribution in [0.1, 0.15) is 16.8 Å². The highest BCUT2D eigenvalue weighted by molar-refractivity contribution is 7.89. The molecule has 3 rings (SSSR count). The maximum Gasteiger partial charge on any atom is 0.251 e. The second-order valence-corrected chi connectivity index (χ2v) is 8.85. The van der Waals surface area contributed by atoms with Crippen LogP contribution in [0.3, 0.4) is 0 Å². The predicted molar refractivity (Wildman–Crippen MR) is 110 cm³/mol. The van der Waals surface area contributed by atoms with Gasteiger partial charge in [-0.05, 0) is 18.2 Å². The molecule has 2 heterocycles. The number of carbonyl (C=O) groups is 2. The maximum atomic E-state index is 12.4. The number of hydrogen-bond donors (Lipinski definition) is 2. The number of nitrogens with zero attached hydrogens (tertiary/aromatic N) is 3. The summed E-state index contributed by atoms with van der Waals surface area (Å²) in [5.41, 5.74) is 0.838. The van der Waals surface area contributed by atoms with Crippen molar-refractivity contribution in [3.8, 4) is 0 Å². The Morgan fingerprint density at radius 2 is 2.00 bits per heavy atom. The van der Waals surface area contributed by atoms with Crippen LogP contribution in [0.15, 0.2) is 43.0 Å². The molecule has 2 aromatic rings. The minimum atomic E-state index is -3.44. The van der Waals surface area contributed by atoms with E-state index in [1.807, 2.05) is 0 Å². The molecule has 2 N–H and O–H groups in total. The van der Waals surface area contributed by atoms with E-state index in [1.54, 1.807) is 47.6 Å². The van der Waals surface area contributed by atoms with E-state index in [2.05, 4.69) is 15.6 Å². The number of aryl methyl sites for hydroxylation is 1. The molecule has 1 aromatic heterocycles. The Hall–Kier alpha value is -2.76. The van der Waals surface area contributed by atoms with Crippen molar-refractivity contribution in [2.75, 3.05) is 43.9 Å². The molecule has 0 unspecified atom stereocenters. The van der Waals surface area contributed by atoms with E-state index < -0.39 is 15.9 Å². The lowest BCUT2D eigenvalue weighted by molar-refractivity contribution is -0.116. The van der Waals surface area contributed by atoms with Gasteiger partial charge in [-0.15, -0.1) is 0 Å². The van der Waals surface area contributed by atoms with Crippen molar-refractivity contribution in [2.24, 2.45) is 0 Å². The fourth-order valence-corrected chi connectivity index (χ4v) is 4.28. The number of ether oxygens (including phenoxy) is 1. The van der Waals surface area contributed by atoms with Crippen LogP contribution in [0.4, 0.5) is 5.69 Å². The van der Waals surface area contributed by atoms with Crippen LogP contribution in [0.2, 0.25) is 0 Å². The highest BCUT2D eigenvalue weighted by atomic mass is 32.2. The van der Waals surface area contributed by atoms with Crippen LogP contribution in [0.25, 0.3) is 0 Å². The number of morpholine rings is 1. The van der Waals surface area contributed by atoms with Crippen LogP contribution >= 0.6 is 0 Å². The summed E-state index contributed by atoms with van der Waals surface area (Å²) in [6.07, 6.45) is 5.33. The van der Waals surface area contributed by atoms with Crippen molar-refractivity contribution in [1.29, 1.82) is 0 Å². The van der Waals surface area contributed by atoms with Crippen LogP contribution in [0, 0.1) is 0 Å². The van der Waals surface area contributed by atoms with Gasteiger partial charge in [-0.3, -0.25) is 9.59 Å². The molecule has 0 atom stereocenters. The fraction of sp³-hybridized carbons (Fsp3) is 0.421. The Kier molecular flexibility index (Phi) is 7.55. The topological polar surface area (TPSA) is 123 Å². The molecule has 10 nitrogen and oxygen atoms in total. The monoisotopic (exact) mass is 435 g/mol. The number of carbonyl (C=O) groups excluding carboxylic acids is 2. The first kappa shape index (κ1) is 21.9.